The Balaban J connectivity index is 2.67. The van der Waals surface area contributed by atoms with Crippen LogP contribution >= 0.6 is 0 Å². The predicted molar refractivity (Wildman–Crippen MR) is 55.8 cm³/mol. The average molecular weight is 185 g/mol. The van der Waals surface area contributed by atoms with E-state index in [0.717, 1.165) is 13.1 Å². The Morgan fingerprint density at radius 3 is 1.77 bits per heavy atom. The third-order valence-corrected chi connectivity index (χ3v) is 3.64. The van der Waals surface area contributed by atoms with Gasteiger partial charge >= 0.3 is 0 Å². The maximum atomic E-state index is 10.1. The molecule has 0 radical (unpaired) electrons. The van der Waals surface area contributed by atoms with Gasteiger partial charge in [0.15, 0.2) is 0 Å². The van der Waals surface area contributed by atoms with Crippen LogP contribution in [0.15, 0.2) is 0 Å². The van der Waals surface area contributed by atoms with Gasteiger partial charge in [0, 0.05) is 5.54 Å². The van der Waals surface area contributed by atoms with Crippen LogP contribution in [0.3, 0.4) is 0 Å². The molecule has 1 aliphatic heterocycles. The van der Waals surface area contributed by atoms with Crippen molar-refractivity contribution < 1.29 is 5.11 Å². The molecule has 1 aliphatic rings. The lowest BCUT2D eigenvalue weighted by Gasteiger charge is -2.48. The van der Waals surface area contributed by atoms with Crippen LogP contribution in [0.4, 0.5) is 0 Å². The summed E-state index contributed by atoms with van der Waals surface area (Å²) in [7, 11) is 0. The van der Waals surface area contributed by atoms with E-state index in [4.69, 9.17) is 0 Å². The van der Waals surface area contributed by atoms with E-state index in [1.165, 1.54) is 19.3 Å². The topological polar surface area (TPSA) is 23.5 Å². The highest BCUT2D eigenvalue weighted by molar-refractivity contribution is 4.96. The first-order chi connectivity index (χ1) is 5.86. The number of aliphatic hydroxyl groups is 1. The Labute approximate surface area is 81.9 Å². The van der Waals surface area contributed by atoms with Crippen LogP contribution in [0.25, 0.3) is 0 Å². The van der Waals surface area contributed by atoms with Crippen molar-refractivity contribution in [3.63, 3.8) is 0 Å². The van der Waals surface area contributed by atoms with Crippen LogP contribution in [-0.2, 0) is 0 Å². The Bertz CT molecular complexity index is 163. The van der Waals surface area contributed by atoms with Crippen molar-refractivity contribution in [1.29, 1.82) is 0 Å². The second kappa shape index (κ2) is 3.58. The van der Waals surface area contributed by atoms with E-state index < -0.39 is 5.60 Å². The van der Waals surface area contributed by atoms with E-state index in [2.05, 4.69) is 18.7 Å². The summed E-state index contributed by atoms with van der Waals surface area (Å²) in [5, 5.41) is 10.1. The molecule has 13 heavy (non-hydrogen) atoms. The van der Waals surface area contributed by atoms with Gasteiger partial charge in [0.25, 0.3) is 0 Å². The molecule has 0 bridgehead atoms. The van der Waals surface area contributed by atoms with Crippen LogP contribution < -0.4 is 0 Å². The molecule has 2 heteroatoms. The monoisotopic (exact) mass is 185 g/mol. The number of hydrogen-bond donors (Lipinski definition) is 1. The fourth-order valence-electron chi connectivity index (χ4n) is 1.84. The van der Waals surface area contributed by atoms with Crippen molar-refractivity contribution in [2.24, 2.45) is 0 Å². The number of likely N-dealkylation sites (tertiary alicyclic amines) is 1. The Morgan fingerprint density at radius 2 is 1.38 bits per heavy atom. The van der Waals surface area contributed by atoms with Crippen molar-refractivity contribution >= 4 is 0 Å². The first-order valence-corrected chi connectivity index (χ1v) is 5.33. The Kier molecular flexibility index (Phi) is 3.03. The van der Waals surface area contributed by atoms with Gasteiger partial charge < -0.3 is 5.11 Å². The van der Waals surface area contributed by atoms with E-state index >= 15 is 0 Å². The molecule has 1 heterocycles. The molecule has 1 fully saturated rings. The summed E-state index contributed by atoms with van der Waals surface area (Å²) in [6.45, 7) is 10.4. The highest BCUT2D eigenvalue weighted by Gasteiger charge is 2.40. The smallest absolute Gasteiger partial charge is 0.0769 e. The summed E-state index contributed by atoms with van der Waals surface area (Å²) >= 11 is 0. The van der Waals surface area contributed by atoms with Gasteiger partial charge in [-0.1, -0.05) is 6.42 Å². The quantitative estimate of drug-likeness (QED) is 0.711. The first kappa shape index (κ1) is 11.0. The zero-order valence-electron chi connectivity index (χ0n) is 9.43. The van der Waals surface area contributed by atoms with Gasteiger partial charge in [-0.2, -0.15) is 0 Å². The summed E-state index contributed by atoms with van der Waals surface area (Å²) in [6, 6.07) is 0. The molecule has 0 amide bonds. The first-order valence-electron chi connectivity index (χ1n) is 5.33. The molecule has 0 spiro atoms. The van der Waals surface area contributed by atoms with Crippen LogP contribution in [0.1, 0.15) is 47.0 Å². The van der Waals surface area contributed by atoms with Gasteiger partial charge in [0.2, 0.25) is 0 Å². The minimum atomic E-state index is -0.621. The zero-order valence-corrected chi connectivity index (χ0v) is 9.43. The molecule has 78 valence electrons. The Hall–Kier alpha value is -0.0800. The van der Waals surface area contributed by atoms with E-state index in [-0.39, 0.29) is 5.54 Å². The zero-order chi connectivity index (χ0) is 10.1. The average Bonchev–Trinajstić information content (AvgIpc) is 2.04. The van der Waals surface area contributed by atoms with E-state index in [0.29, 0.717) is 0 Å². The fraction of sp³-hybridized carbons (Fsp3) is 1.00. The molecule has 1 N–H and O–H groups in total. The molecule has 2 nitrogen and oxygen atoms in total. The van der Waals surface area contributed by atoms with Gasteiger partial charge in [-0.05, 0) is 53.6 Å². The molecule has 1 saturated heterocycles. The lowest BCUT2D eigenvalue weighted by atomic mass is 9.83. The number of nitrogens with zero attached hydrogens (tertiary/aromatic N) is 1. The third-order valence-electron chi connectivity index (χ3n) is 3.64. The second-order valence-electron chi connectivity index (χ2n) is 5.17. The van der Waals surface area contributed by atoms with Gasteiger partial charge in [-0.3, -0.25) is 4.90 Å². The molecule has 0 atom stereocenters. The van der Waals surface area contributed by atoms with Crippen LogP contribution in [0.2, 0.25) is 0 Å². The summed E-state index contributed by atoms with van der Waals surface area (Å²) in [4.78, 5) is 2.41. The van der Waals surface area contributed by atoms with Crippen molar-refractivity contribution in [2.75, 3.05) is 13.1 Å². The van der Waals surface area contributed by atoms with Gasteiger partial charge in [0.05, 0.1) is 5.60 Å². The van der Waals surface area contributed by atoms with Crippen molar-refractivity contribution in [3.8, 4) is 0 Å². The third kappa shape index (κ3) is 2.23. The standard InChI is InChI=1S/C11H23NO/c1-10(2,11(3,4)13)12-8-6-5-7-9-12/h13H,5-9H2,1-4H3. The van der Waals surface area contributed by atoms with E-state index in [1.54, 1.807) is 0 Å². The highest BCUT2D eigenvalue weighted by atomic mass is 16.3. The fourth-order valence-corrected chi connectivity index (χ4v) is 1.84. The van der Waals surface area contributed by atoms with Crippen molar-refractivity contribution in [3.05, 3.63) is 0 Å². The summed E-state index contributed by atoms with van der Waals surface area (Å²) in [5.41, 5.74) is -0.724. The molecular weight excluding hydrogens is 162 g/mol. The van der Waals surface area contributed by atoms with Gasteiger partial charge in [-0.15, -0.1) is 0 Å². The molecule has 0 unspecified atom stereocenters. The largest absolute Gasteiger partial charge is 0.389 e. The predicted octanol–water partition coefficient (Wildman–Crippen LogP) is 2.02. The summed E-state index contributed by atoms with van der Waals surface area (Å²) in [5.74, 6) is 0. The summed E-state index contributed by atoms with van der Waals surface area (Å²) in [6.07, 6.45) is 3.90. The number of rotatable bonds is 2. The Morgan fingerprint density at radius 1 is 0.923 bits per heavy atom. The lowest BCUT2D eigenvalue weighted by Crippen LogP contribution is -2.59. The van der Waals surface area contributed by atoms with E-state index in [1.807, 2.05) is 13.8 Å². The van der Waals surface area contributed by atoms with Crippen molar-refractivity contribution in [2.45, 2.75) is 58.1 Å². The van der Waals surface area contributed by atoms with Crippen molar-refractivity contribution in [1.82, 2.24) is 4.90 Å². The molecule has 0 aliphatic carbocycles. The molecule has 1 rings (SSSR count). The maximum absolute atomic E-state index is 10.1. The van der Waals surface area contributed by atoms with E-state index in [9.17, 15) is 5.11 Å². The van der Waals surface area contributed by atoms with Crippen LogP contribution in [0, 0.1) is 0 Å². The van der Waals surface area contributed by atoms with Crippen LogP contribution in [-0.4, -0.2) is 34.2 Å². The number of piperidine rings is 1. The van der Waals surface area contributed by atoms with Gasteiger partial charge in [-0.25, -0.2) is 0 Å². The lowest BCUT2D eigenvalue weighted by molar-refractivity contribution is -0.0784. The minimum absolute atomic E-state index is 0.104. The second-order valence-corrected chi connectivity index (χ2v) is 5.17. The molecule has 0 aromatic carbocycles. The van der Waals surface area contributed by atoms with Crippen LogP contribution in [0.5, 0.6) is 0 Å². The maximum Gasteiger partial charge on any atom is 0.0769 e. The van der Waals surface area contributed by atoms with Gasteiger partial charge in [0.1, 0.15) is 0 Å². The minimum Gasteiger partial charge on any atom is -0.389 e. The highest BCUT2D eigenvalue weighted by Crippen LogP contribution is 2.30. The number of hydrogen-bond acceptors (Lipinski definition) is 2. The molecule has 0 aromatic rings. The normalized spacial score (nSPS) is 21.9. The molecular formula is C11H23NO. The molecule has 0 saturated carbocycles. The summed E-state index contributed by atoms with van der Waals surface area (Å²) < 4.78 is 0. The SMILES string of the molecule is CC(C)(O)C(C)(C)N1CCCCC1. The molecule has 0 aromatic heterocycles.